The lowest BCUT2D eigenvalue weighted by Crippen LogP contribution is -2.07. The van der Waals surface area contributed by atoms with Gasteiger partial charge in [-0.25, -0.2) is 18.6 Å². The van der Waals surface area contributed by atoms with Crippen LogP contribution in [0.3, 0.4) is 0 Å². The summed E-state index contributed by atoms with van der Waals surface area (Å²) in [7, 11) is 1.13. The van der Waals surface area contributed by atoms with E-state index in [0.29, 0.717) is 0 Å². The zero-order valence-corrected chi connectivity index (χ0v) is 11.4. The summed E-state index contributed by atoms with van der Waals surface area (Å²) in [4.78, 5) is 26.9. The van der Waals surface area contributed by atoms with Gasteiger partial charge in [0.1, 0.15) is 21.5 Å². The number of thiazole rings is 1. The molecule has 7 heteroatoms. The quantitative estimate of drug-likeness (QED) is 0.645. The third-order valence-corrected chi connectivity index (χ3v) is 3.68. The first-order valence-corrected chi connectivity index (χ1v) is 6.31. The summed E-state index contributed by atoms with van der Waals surface area (Å²) in [5.41, 5.74) is -0.599. The Morgan fingerprint density at radius 1 is 1.25 bits per heavy atom. The number of carbonyl (C=O) groups is 2. The van der Waals surface area contributed by atoms with Crippen molar-refractivity contribution in [2.24, 2.45) is 0 Å². The van der Waals surface area contributed by atoms with E-state index in [0.717, 1.165) is 30.6 Å². The Balaban J connectivity index is 2.65. The molecule has 0 aliphatic rings. The standard InChI is InChI=1S/C13H9F2NO3S/c1-6(17)11-10(13(18)19-2)16-12(20-11)9-7(14)4-3-5-8(9)15/h3-5H,1-2H3. The minimum Gasteiger partial charge on any atom is -0.464 e. The van der Waals surface area contributed by atoms with Crippen molar-refractivity contribution in [2.45, 2.75) is 6.92 Å². The van der Waals surface area contributed by atoms with E-state index in [1.54, 1.807) is 0 Å². The summed E-state index contributed by atoms with van der Waals surface area (Å²) in [6.07, 6.45) is 0. The summed E-state index contributed by atoms with van der Waals surface area (Å²) in [5, 5.41) is -0.0776. The van der Waals surface area contributed by atoms with Gasteiger partial charge in [0.2, 0.25) is 0 Å². The molecule has 2 aromatic rings. The number of Topliss-reactive ketones (excluding diaryl/α,β-unsaturated/α-hetero) is 1. The predicted molar refractivity (Wildman–Crippen MR) is 68.8 cm³/mol. The second-order valence-corrected chi connectivity index (χ2v) is 4.84. The molecule has 0 amide bonds. The fraction of sp³-hybridized carbons (Fsp3) is 0.154. The van der Waals surface area contributed by atoms with Crippen molar-refractivity contribution < 1.29 is 23.1 Å². The fourth-order valence-corrected chi connectivity index (χ4v) is 2.60. The first-order valence-electron chi connectivity index (χ1n) is 5.50. The number of hydrogen-bond donors (Lipinski definition) is 0. The molecule has 0 bridgehead atoms. The van der Waals surface area contributed by atoms with Gasteiger partial charge in [0.25, 0.3) is 0 Å². The number of carbonyl (C=O) groups excluding carboxylic acids is 2. The minimum atomic E-state index is -0.825. The Bertz CT molecular complexity index is 677. The largest absolute Gasteiger partial charge is 0.464 e. The average Bonchev–Trinajstić information content (AvgIpc) is 2.82. The summed E-state index contributed by atoms with van der Waals surface area (Å²) < 4.78 is 31.9. The number of nitrogens with zero attached hydrogens (tertiary/aromatic N) is 1. The van der Waals surface area contributed by atoms with Gasteiger partial charge in [-0.1, -0.05) is 6.07 Å². The first kappa shape index (κ1) is 14.3. The molecular formula is C13H9F2NO3S. The van der Waals surface area contributed by atoms with E-state index < -0.39 is 23.4 Å². The van der Waals surface area contributed by atoms with Gasteiger partial charge in [0.05, 0.1) is 12.7 Å². The number of methoxy groups -OCH3 is 1. The molecule has 0 saturated heterocycles. The van der Waals surface area contributed by atoms with Crippen LogP contribution in [-0.4, -0.2) is 23.8 Å². The Labute approximate surface area is 117 Å². The lowest BCUT2D eigenvalue weighted by molar-refractivity contribution is 0.0591. The molecule has 0 fully saturated rings. The van der Waals surface area contributed by atoms with E-state index in [9.17, 15) is 18.4 Å². The van der Waals surface area contributed by atoms with Crippen LogP contribution in [0.2, 0.25) is 0 Å². The zero-order valence-electron chi connectivity index (χ0n) is 10.6. The predicted octanol–water partition coefficient (Wildman–Crippen LogP) is 3.08. The molecule has 0 radical (unpaired) electrons. The van der Waals surface area contributed by atoms with Crippen LogP contribution in [0.1, 0.15) is 27.1 Å². The van der Waals surface area contributed by atoms with Crippen LogP contribution >= 0.6 is 11.3 Å². The van der Waals surface area contributed by atoms with Crippen LogP contribution in [0.15, 0.2) is 18.2 Å². The van der Waals surface area contributed by atoms with Crippen LogP contribution in [-0.2, 0) is 4.74 Å². The summed E-state index contributed by atoms with van der Waals surface area (Å²) in [6, 6.07) is 3.37. The van der Waals surface area contributed by atoms with Crippen LogP contribution in [0.4, 0.5) is 8.78 Å². The molecule has 2 rings (SSSR count). The Hall–Kier alpha value is -2.15. The lowest BCUT2D eigenvalue weighted by atomic mass is 10.2. The smallest absolute Gasteiger partial charge is 0.358 e. The first-order chi connectivity index (χ1) is 9.45. The normalized spacial score (nSPS) is 10.4. The number of ketones is 1. The van der Waals surface area contributed by atoms with E-state index >= 15 is 0 Å². The summed E-state index contributed by atoms with van der Waals surface area (Å²) in [6.45, 7) is 1.24. The Morgan fingerprint density at radius 2 is 1.85 bits per heavy atom. The highest BCUT2D eigenvalue weighted by Crippen LogP contribution is 2.32. The van der Waals surface area contributed by atoms with Crippen molar-refractivity contribution in [3.8, 4) is 10.6 Å². The Morgan fingerprint density at radius 3 is 2.35 bits per heavy atom. The maximum Gasteiger partial charge on any atom is 0.358 e. The fourth-order valence-electron chi connectivity index (χ4n) is 1.60. The topological polar surface area (TPSA) is 56.3 Å². The molecule has 0 atom stereocenters. The maximum atomic E-state index is 13.7. The summed E-state index contributed by atoms with van der Waals surface area (Å²) in [5.74, 6) is -2.88. The van der Waals surface area contributed by atoms with Crippen LogP contribution in [0.25, 0.3) is 10.6 Å². The molecule has 0 N–H and O–H groups in total. The molecule has 1 heterocycles. The number of rotatable bonds is 3. The molecule has 104 valence electrons. The van der Waals surface area contributed by atoms with E-state index in [1.807, 2.05) is 0 Å². The highest BCUT2D eigenvalue weighted by atomic mass is 32.1. The number of halogens is 2. The van der Waals surface area contributed by atoms with Crippen molar-refractivity contribution in [3.63, 3.8) is 0 Å². The molecule has 4 nitrogen and oxygen atoms in total. The average molecular weight is 297 g/mol. The van der Waals surface area contributed by atoms with Gasteiger partial charge in [-0.2, -0.15) is 0 Å². The molecule has 0 spiro atoms. The molecule has 0 unspecified atom stereocenters. The van der Waals surface area contributed by atoms with Gasteiger partial charge in [-0.05, 0) is 12.1 Å². The molecule has 0 aliphatic heterocycles. The van der Waals surface area contributed by atoms with Crippen LogP contribution in [0.5, 0.6) is 0 Å². The highest BCUT2D eigenvalue weighted by Gasteiger charge is 2.24. The van der Waals surface area contributed by atoms with E-state index in [-0.39, 0.29) is 21.1 Å². The van der Waals surface area contributed by atoms with Gasteiger partial charge in [-0.3, -0.25) is 4.79 Å². The third kappa shape index (κ3) is 2.44. The van der Waals surface area contributed by atoms with Crippen molar-refractivity contribution in [1.82, 2.24) is 4.98 Å². The SMILES string of the molecule is COC(=O)c1nc(-c2c(F)cccc2F)sc1C(C)=O. The van der Waals surface area contributed by atoms with Crippen molar-refractivity contribution in [3.05, 3.63) is 40.4 Å². The van der Waals surface area contributed by atoms with Gasteiger partial charge in [-0.15, -0.1) is 11.3 Å². The van der Waals surface area contributed by atoms with Gasteiger partial charge < -0.3 is 4.74 Å². The minimum absolute atomic E-state index is 0.00880. The molecule has 0 saturated carbocycles. The highest BCUT2D eigenvalue weighted by molar-refractivity contribution is 7.17. The number of esters is 1. The third-order valence-electron chi connectivity index (χ3n) is 2.50. The molecule has 1 aromatic carbocycles. The van der Waals surface area contributed by atoms with E-state index in [4.69, 9.17) is 0 Å². The van der Waals surface area contributed by atoms with Gasteiger partial charge >= 0.3 is 5.97 Å². The number of hydrogen-bond acceptors (Lipinski definition) is 5. The van der Waals surface area contributed by atoms with Gasteiger partial charge in [0.15, 0.2) is 11.5 Å². The van der Waals surface area contributed by atoms with E-state index in [1.165, 1.54) is 13.0 Å². The lowest BCUT2D eigenvalue weighted by Gasteiger charge is -1.99. The monoisotopic (exact) mass is 297 g/mol. The molecule has 1 aromatic heterocycles. The zero-order chi connectivity index (χ0) is 14.9. The molecular weight excluding hydrogens is 288 g/mol. The van der Waals surface area contributed by atoms with Crippen LogP contribution in [0, 0.1) is 11.6 Å². The van der Waals surface area contributed by atoms with Gasteiger partial charge in [0, 0.05) is 6.92 Å². The number of benzene rings is 1. The molecule has 20 heavy (non-hydrogen) atoms. The maximum absolute atomic E-state index is 13.7. The second-order valence-electron chi connectivity index (χ2n) is 3.84. The van der Waals surface area contributed by atoms with E-state index in [2.05, 4.69) is 9.72 Å². The molecule has 0 aliphatic carbocycles. The second kappa shape index (κ2) is 5.46. The van der Waals surface area contributed by atoms with Crippen molar-refractivity contribution in [1.29, 1.82) is 0 Å². The van der Waals surface area contributed by atoms with Crippen molar-refractivity contribution >= 4 is 23.1 Å². The van der Waals surface area contributed by atoms with Crippen LogP contribution < -0.4 is 0 Å². The number of aromatic nitrogens is 1. The summed E-state index contributed by atoms with van der Waals surface area (Å²) >= 11 is 0.751. The Kier molecular flexibility index (Phi) is 3.89. The number of ether oxygens (including phenoxy) is 1. The van der Waals surface area contributed by atoms with Crippen molar-refractivity contribution in [2.75, 3.05) is 7.11 Å².